The molecule has 0 radical (unpaired) electrons. The highest BCUT2D eigenvalue weighted by Gasteiger charge is 2.29. The van der Waals surface area contributed by atoms with E-state index in [0.29, 0.717) is 18.8 Å². The number of carbonyl (C=O) groups is 1. The molecule has 1 aliphatic carbocycles. The van der Waals surface area contributed by atoms with E-state index >= 15 is 0 Å². The van der Waals surface area contributed by atoms with Gasteiger partial charge in [-0.3, -0.25) is 4.79 Å². The Bertz CT molecular complexity index is 427. The highest BCUT2D eigenvalue weighted by Crippen LogP contribution is 2.27. The Balaban J connectivity index is 1.71. The Morgan fingerprint density at radius 1 is 1.35 bits per heavy atom. The van der Waals surface area contributed by atoms with Crippen LogP contribution in [0.4, 0.5) is 5.69 Å². The van der Waals surface area contributed by atoms with E-state index in [1.165, 1.54) is 0 Å². The Morgan fingerprint density at radius 3 is 2.65 bits per heavy atom. The maximum Gasteiger partial charge on any atom is 0.220 e. The molecule has 0 heterocycles. The summed E-state index contributed by atoms with van der Waals surface area (Å²) < 4.78 is 10.9. The summed E-state index contributed by atoms with van der Waals surface area (Å²) in [6.07, 6.45) is 2.77. The molecule has 1 amide bonds. The quantitative estimate of drug-likeness (QED) is 0.762. The Hall–Kier alpha value is -1.75. The van der Waals surface area contributed by atoms with E-state index in [0.717, 1.165) is 30.9 Å². The van der Waals surface area contributed by atoms with Crippen molar-refractivity contribution >= 4 is 11.6 Å². The molecule has 1 aliphatic rings. The van der Waals surface area contributed by atoms with Crippen LogP contribution in [0, 0.1) is 0 Å². The minimum Gasteiger partial charge on any atom is -0.493 e. The molecule has 5 nitrogen and oxygen atoms in total. The van der Waals surface area contributed by atoms with Crippen LogP contribution in [0.25, 0.3) is 0 Å². The fraction of sp³-hybridized carbons (Fsp3) is 0.533. The van der Waals surface area contributed by atoms with Gasteiger partial charge in [-0.1, -0.05) is 0 Å². The average molecular weight is 278 g/mol. The molecular weight excluding hydrogens is 256 g/mol. The van der Waals surface area contributed by atoms with Gasteiger partial charge in [0.25, 0.3) is 0 Å². The van der Waals surface area contributed by atoms with E-state index < -0.39 is 0 Å². The number of anilines is 1. The van der Waals surface area contributed by atoms with Crippen LogP contribution in [0.3, 0.4) is 0 Å². The van der Waals surface area contributed by atoms with Gasteiger partial charge in [0.2, 0.25) is 5.91 Å². The molecule has 1 aromatic rings. The fourth-order valence-corrected chi connectivity index (χ4v) is 2.21. The number of nitrogens with one attached hydrogen (secondary N) is 1. The Labute approximate surface area is 119 Å². The second-order valence-electron chi connectivity index (χ2n) is 4.98. The molecule has 0 saturated heterocycles. The highest BCUT2D eigenvalue weighted by molar-refractivity contribution is 5.73. The molecule has 1 saturated carbocycles. The lowest BCUT2D eigenvalue weighted by atomic mass is 9.89. The largest absolute Gasteiger partial charge is 0.493 e. The van der Waals surface area contributed by atoms with Gasteiger partial charge in [0.05, 0.1) is 19.1 Å². The standard InChI is InChI=1S/C15H22N2O3/c1-2-19-14-9-12(10-14)17-11-3-5-13(6-4-11)20-8-7-15(16)18/h3-6,12,14,17H,2,7-10H2,1H3,(H2,16,18). The summed E-state index contributed by atoms with van der Waals surface area (Å²) in [4.78, 5) is 10.6. The van der Waals surface area contributed by atoms with Gasteiger partial charge >= 0.3 is 0 Å². The van der Waals surface area contributed by atoms with Crippen molar-refractivity contribution in [3.8, 4) is 5.75 Å². The summed E-state index contributed by atoms with van der Waals surface area (Å²) in [5, 5.41) is 3.46. The predicted molar refractivity (Wildman–Crippen MR) is 77.8 cm³/mol. The molecule has 3 N–H and O–H groups in total. The number of hydrogen-bond donors (Lipinski definition) is 2. The molecular formula is C15H22N2O3. The van der Waals surface area contributed by atoms with Crippen molar-refractivity contribution in [3.05, 3.63) is 24.3 Å². The van der Waals surface area contributed by atoms with Gasteiger partial charge in [-0.15, -0.1) is 0 Å². The molecule has 1 aromatic carbocycles. The molecule has 1 fully saturated rings. The molecule has 2 rings (SSSR count). The van der Waals surface area contributed by atoms with Gasteiger partial charge in [0.15, 0.2) is 0 Å². The van der Waals surface area contributed by atoms with Crippen molar-refractivity contribution in [2.45, 2.75) is 38.3 Å². The predicted octanol–water partition coefficient (Wildman–Crippen LogP) is 1.92. The number of ether oxygens (including phenoxy) is 2. The molecule has 0 atom stereocenters. The Morgan fingerprint density at radius 2 is 2.05 bits per heavy atom. The average Bonchev–Trinajstić information content (AvgIpc) is 2.38. The van der Waals surface area contributed by atoms with Gasteiger partial charge in [0, 0.05) is 18.3 Å². The van der Waals surface area contributed by atoms with Crippen LogP contribution in [0.15, 0.2) is 24.3 Å². The van der Waals surface area contributed by atoms with E-state index in [2.05, 4.69) is 5.32 Å². The number of carbonyl (C=O) groups excluding carboxylic acids is 1. The lowest BCUT2D eigenvalue weighted by Gasteiger charge is -2.36. The topological polar surface area (TPSA) is 73.6 Å². The number of nitrogens with two attached hydrogens (primary N) is 1. The lowest BCUT2D eigenvalue weighted by molar-refractivity contribution is -0.118. The second kappa shape index (κ2) is 7.14. The van der Waals surface area contributed by atoms with Gasteiger partial charge in [-0.2, -0.15) is 0 Å². The smallest absolute Gasteiger partial charge is 0.220 e. The zero-order valence-corrected chi connectivity index (χ0v) is 11.8. The van der Waals surface area contributed by atoms with Gasteiger partial charge in [0.1, 0.15) is 5.75 Å². The van der Waals surface area contributed by atoms with Gasteiger partial charge < -0.3 is 20.5 Å². The van der Waals surface area contributed by atoms with Crippen molar-refractivity contribution in [3.63, 3.8) is 0 Å². The summed E-state index contributed by atoms with van der Waals surface area (Å²) in [6.45, 7) is 3.13. The third-order valence-corrected chi connectivity index (χ3v) is 3.34. The second-order valence-corrected chi connectivity index (χ2v) is 4.98. The number of rotatable bonds is 8. The minimum absolute atomic E-state index is 0.237. The van der Waals surface area contributed by atoms with Crippen LogP contribution in [0.5, 0.6) is 5.75 Å². The molecule has 110 valence electrons. The summed E-state index contributed by atoms with van der Waals surface area (Å²) >= 11 is 0. The van der Waals surface area contributed by atoms with Crippen molar-refractivity contribution in [1.29, 1.82) is 0 Å². The van der Waals surface area contributed by atoms with Crippen LogP contribution in [0.1, 0.15) is 26.2 Å². The summed E-state index contributed by atoms with van der Waals surface area (Å²) in [6, 6.07) is 8.24. The number of hydrogen-bond acceptors (Lipinski definition) is 4. The van der Waals surface area contributed by atoms with E-state index in [4.69, 9.17) is 15.2 Å². The van der Waals surface area contributed by atoms with Crippen LogP contribution in [-0.2, 0) is 9.53 Å². The monoisotopic (exact) mass is 278 g/mol. The number of primary amides is 1. The van der Waals surface area contributed by atoms with Crippen molar-refractivity contribution in [2.75, 3.05) is 18.5 Å². The summed E-state index contributed by atoms with van der Waals surface area (Å²) in [5.74, 6) is 0.398. The van der Waals surface area contributed by atoms with E-state index in [-0.39, 0.29) is 12.3 Å². The van der Waals surface area contributed by atoms with Gasteiger partial charge in [-0.05, 0) is 44.0 Å². The van der Waals surface area contributed by atoms with Gasteiger partial charge in [-0.25, -0.2) is 0 Å². The third kappa shape index (κ3) is 4.42. The first-order chi connectivity index (χ1) is 9.67. The lowest BCUT2D eigenvalue weighted by Crippen LogP contribution is -2.40. The zero-order valence-electron chi connectivity index (χ0n) is 11.8. The molecule has 0 unspecified atom stereocenters. The van der Waals surface area contributed by atoms with Crippen molar-refractivity contribution in [2.24, 2.45) is 5.73 Å². The van der Waals surface area contributed by atoms with Crippen molar-refractivity contribution < 1.29 is 14.3 Å². The first-order valence-corrected chi connectivity index (χ1v) is 7.06. The maximum absolute atomic E-state index is 10.6. The fourth-order valence-electron chi connectivity index (χ4n) is 2.21. The van der Waals surface area contributed by atoms with Crippen LogP contribution < -0.4 is 15.8 Å². The normalized spacial score (nSPS) is 21.1. The molecule has 0 bridgehead atoms. The van der Waals surface area contributed by atoms with Crippen LogP contribution in [0.2, 0.25) is 0 Å². The first-order valence-electron chi connectivity index (χ1n) is 7.06. The third-order valence-electron chi connectivity index (χ3n) is 3.34. The number of amides is 1. The van der Waals surface area contributed by atoms with E-state index in [9.17, 15) is 4.79 Å². The van der Waals surface area contributed by atoms with Crippen molar-refractivity contribution in [1.82, 2.24) is 0 Å². The Kier molecular flexibility index (Phi) is 5.24. The van der Waals surface area contributed by atoms with E-state index in [1.807, 2.05) is 31.2 Å². The molecule has 0 aromatic heterocycles. The van der Waals surface area contributed by atoms with Crippen LogP contribution in [-0.4, -0.2) is 31.3 Å². The molecule has 0 aliphatic heterocycles. The van der Waals surface area contributed by atoms with E-state index in [1.54, 1.807) is 0 Å². The molecule has 0 spiro atoms. The molecule has 20 heavy (non-hydrogen) atoms. The van der Waals surface area contributed by atoms with Crippen LogP contribution >= 0.6 is 0 Å². The molecule has 5 heteroatoms. The SMILES string of the molecule is CCOC1CC(Nc2ccc(OCCC(N)=O)cc2)C1. The zero-order chi connectivity index (χ0) is 14.4. The summed E-state index contributed by atoms with van der Waals surface area (Å²) in [7, 11) is 0. The number of benzene rings is 1. The maximum atomic E-state index is 10.6. The highest BCUT2D eigenvalue weighted by atomic mass is 16.5. The summed E-state index contributed by atoms with van der Waals surface area (Å²) in [5.41, 5.74) is 6.13. The first kappa shape index (κ1) is 14.7. The minimum atomic E-state index is -0.350.